The molecule has 0 spiro atoms. The normalized spacial score (nSPS) is 17.2. The van der Waals surface area contributed by atoms with Gasteiger partial charge in [-0.25, -0.2) is 0 Å². The Hall–Kier alpha value is -2.73. The molecule has 6 nitrogen and oxygen atoms in total. The SMILES string of the molecule is COc1cc(C)ccc1-c1nnc(N[C@@H]2CCCNC2)c2cnccc12. The predicted molar refractivity (Wildman–Crippen MR) is 104 cm³/mol. The van der Waals surface area contributed by atoms with Crippen LogP contribution < -0.4 is 15.4 Å². The molecule has 1 atom stereocenters. The van der Waals surface area contributed by atoms with Gasteiger partial charge in [0, 0.05) is 41.3 Å². The van der Waals surface area contributed by atoms with Crippen LogP contribution in [0.1, 0.15) is 18.4 Å². The molecule has 1 aliphatic rings. The maximum atomic E-state index is 5.57. The molecular weight excluding hydrogens is 326 g/mol. The second-order valence-electron chi connectivity index (χ2n) is 6.71. The van der Waals surface area contributed by atoms with E-state index in [0.717, 1.165) is 58.7 Å². The van der Waals surface area contributed by atoms with E-state index in [1.54, 1.807) is 13.3 Å². The summed E-state index contributed by atoms with van der Waals surface area (Å²) in [6.45, 7) is 4.07. The van der Waals surface area contributed by atoms with E-state index in [4.69, 9.17) is 4.74 Å². The molecule has 1 aliphatic heterocycles. The summed E-state index contributed by atoms with van der Waals surface area (Å²) in [7, 11) is 1.68. The average molecular weight is 349 g/mol. The first kappa shape index (κ1) is 16.7. The van der Waals surface area contributed by atoms with Gasteiger partial charge < -0.3 is 15.4 Å². The number of pyridine rings is 1. The molecule has 26 heavy (non-hydrogen) atoms. The summed E-state index contributed by atoms with van der Waals surface area (Å²) >= 11 is 0. The number of piperidine rings is 1. The Balaban J connectivity index is 1.79. The smallest absolute Gasteiger partial charge is 0.158 e. The molecule has 2 N–H and O–H groups in total. The molecule has 1 aromatic carbocycles. The number of methoxy groups -OCH3 is 1. The first-order valence-electron chi connectivity index (χ1n) is 8.99. The maximum Gasteiger partial charge on any atom is 0.158 e. The summed E-state index contributed by atoms with van der Waals surface area (Å²) in [6, 6.07) is 8.47. The van der Waals surface area contributed by atoms with E-state index in [1.807, 2.05) is 31.3 Å². The highest BCUT2D eigenvalue weighted by atomic mass is 16.5. The van der Waals surface area contributed by atoms with Crippen LogP contribution in [-0.2, 0) is 0 Å². The minimum atomic E-state index is 0.362. The first-order valence-corrected chi connectivity index (χ1v) is 8.99. The van der Waals surface area contributed by atoms with E-state index in [-0.39, 0.29) is 0 Å². The van der Waals surface area contributed by atoms with Crippen LogP contribution in [0, 0.1) is 6.92 Å². The van der Waals surface area contributed by atoms with Crippen LogP contribution in [0.5, 0.6) is 5.75 Å². The lowest BCUT2D eigenvalue weighted by molar-refractivity contribution is 0.416. The van der Waals surface area contributed by atoms with Crippen molar-refractivity contribution >= 4 is 16.6 Å². The number of aromatic nitrogens is 3. The zero-order chi connectivity index (χ0) is 17.9. The summed E-state index contributed by atoms with van der Waals surface area (Å²) in [5.41, 5.74) is 2.90. The lowest BCUT2D eigenvalue weighted by Crippen LogP contribution is -2.38. The molecule has 0 amide bonds. The number of nitrogens with zero attached hydrogens (tertiary/aromatic N) is 3. The van der Waals surface area contributed by atoms with E-state index in [0.29, 0.717) is 6.04 Å². The fourth-order valence-corrected chi connectivity index (χ4v) is 3.47. The Morgan fingerprint density at radius 1 is 1.19 bits per heavy atom. The van der Waals surface area contributed by atoms with E-state index < -0.39 is 0 Å². The number of fused-ring (bicyclic) bond motifs is 1. The summed E-state index contributed by atoms with van der Waals surface area (Å²) in [4.78, 5) is 4.30. The molecule has 0 unspecified atom stereocenters. The molecule has 4 rings (SSSR count). The van der Waals surface area contributed by atoms with Crippen molar-refractivity contribution in [3.05, 3.63) is 42.2 Å². The van der Waals surface area contributed by atoms with Gasteiger partial charge in [0.05, 0.1) is 7.11 Å². The highest BCUT2D eigenvalue weighted by Crippen LogP contribution is 2.35. The van der Waals surface area contributed by atoms with E-state index in [9.17, 15) is 0 Å². The highest BCUT2D eigenvalue weighted by molar-refractivity contribution is 6.00. The monoisotopic (exact) mass is 349 g/mol. The molecular formula is C20H23N5O. The third-order valence-electron chi connectivity index (χ3n) is 4.83. The number of hydrogen-bond acceptors (Lipinski definition) is 6. The van der Waals surface area contributed by atoms with Crippen molar-refractivity contribution in [2.24, 2.45) is 0 Å². The largest absolute Gasteiger partial charge is 0.496 e. The maximum absolute atomic E-state index is 5.57. The van der Waals surface area contributed by atoms with Crippen LogP contribution in [0.4, 0.5) is 5.82 Å². The fraction of sp³-hybridized carbons (Fsp3) is 0.350. The van der Waals surface area contributed by atoms with Gasteiger partial charge in [-0.2, -0.15) is 0 Å². The standard InChI is InChI=1S/C20H23N5O/c1-13-5-6-16(18(10-13)26-2)19-15-7-9-22-12-17(15)20(25-24-19)23-14-4-3-8-21-11-14/h5-7,9-10,12,14,21H,3-4,8,11H2,1-2H3,(H,23,25)/t14-/m1/s1. The van der Waals surface area contributed by atoms with E-state index >= 15 is 0 Å². The average Bonchev–Trinajstić information content (AvgIpc) is 2.69. The van der Waals surface area contributed by atoms with Crippen LogP contribution in [0.25, 0.3) is 22.0 Å². The number of ether oxygens (including phenoxy) is 1. The van der Waals surface area contributed by atoms with Gasteiger partial charge in [0.2, 0.25) is 0 Å². The third-order valence-corrected chi connectivity index (χ3v) is 4.83. The minimum absolute atomic E-state index is 0.362. The summed E-state index contributed by atoms with van der Waals surface area (Å²) in [6.07, 6.45) is 5.94. The molecule has 6 heteroatoms. The Kier molecular flexibility index (Phi) is 4.67. The molecule has 1 saturated heterocycles. The topological polar surface area (TPSA) is 72.0 Å². The van der Waals surface area contributed by atoms with Crippen molar-refractivity contribution in [2.75, 3.05) is 25.5 Å². The summed E-state index contributed by atoms with van der Waals surface area (Å²) in [5.74, 6) is 1.59. The van der Waals surface area contributed by atoms with Crippen LogP contribution >= 0.6 is 0 Å². The van der Waals surface area contributed by atoms with Gasteiger partial charge in [-0.15, -0.1) is 10.2 Å². The molecule has 0 aliphatic carbocycles. The van der Waals surface area contributed by atoms with Crippen molar-refractivity contribution in [1.29, 1.82) is 0 Å². The van der Waals surface area contributed by atoms with E-state index in [2.05, 4.69) is 31.9 Å². The lowest BCUT2D eigenvalue weighted by Gasteiger charge is -2.24. The van der Waals surface area contributed by atoms with Gasteiger partial charge in [0.15, 0.2) is 5.82 Å². The number of nitrogens with one attached hydrogen (secondary N) is 2. The van der Waals surface area contributed by atoms with Gasteiger partial charge in [0.25, 0.3) is 0 Å². The second kappa shape index (κ2) is 7.25. The number of benzene rings is 1. The molecule has 0 bridgehead atoms. The Morgan fingerprint density at radius 2 is 2.12 bits per heavy atom. The minimum Gasteiger partial charge on any atom is -0.496 e. The van der Waals surface area contributed by atoms with Gasteiger partial charge in [-0.1, -0.05) is 6.07 Å². The van der Waals surface area contributed by atoms with Crippen LogP contribution in [-0.4, -0.2) is 41.4 Å². The predicted octanol–water partition coefficient (Wildman–Crippen LogP) is 3.17. The summed E-state index contributed by atoms with van der Waals surface area (Å²) < 4.78 is 5.57. The molecule has 3 heterocycles. The van der Waals surface area contributed by atoms with Gasteiger partial charge >= 0.3 is 0 Å². The fourth-order valence-electron chi connectivity index (χ4n) is 3.47. The van der Waals surface area contributed by atoms with Crippen LogP contribution in [0.15, 0.2) is 36.7 Å². The van der Waals surface area contributed by atoms with Gasteiger partial charge in [-0.05, 0) is 50.1 Å². The summed E-state index contributed by atoms with van der Waals surface area (Å²) in [5, 5.41) is 18.0. The molecule has 0 saturated carbocycles. The third kappa shape index (κ3) is 3.20. The molecule has 2 aromatic heterocycles. The first-order chi connectivity index (χ1) is 12.8. The van der Waals surface area contributed by atoms with Crippen molar-refractivity contribution < 1.29 is 4.74 Å². The molecule has 3 aromatic rings. The zero-order valence-electron chi connectivity index (χ0n) is 15.1. The van der Waals surface area contributed by atoms with Crippen molar-refractivity contribution in [3.63, 3.8) is 0 Å². The van der Waals surface area contributed by atoms with Crippen molar-refractivity contribution in [2.45, 2.75) is 25.8 Å². The van der Waals surface area contributed by atoms with Gasteiger partial charge in [-0.3, -0.25) is 4.98 Å². The van der Waals surface area contributed by atoms with Crippen molar-refractivity contribution in [1.82, 2.24) is 20.5 Å². The Labute approximate surface area is 153 Å². The highest BCUT2D eigenvalue weighted by Gasteiger charge is 2.18. The quantitative estimate of drug-likeness (QED) is 0.754. The zero-order valence-corrected chi connectivity index (χ0v) is 15.1. The van der Waals surface area contributed by atoms with Gasteiger partial charge in [0.1, 0.15) is 11.4 Å². The number of anilines is 1. The molecule has 0 radical (unpaired) electrons. The van der Waals surface area contributed by atoms with E-state index in [1.165, 1.54) is 6.42 Å². The Bertz CT molecular complexity index is 921. The number of hydrogen-bond donors (Lipinski definition) is 2. The number of rotatable bonds is 4. The molecule has 134 valence electrons. The number of aryl methyl sites for hydroxylation is 1. The lowest BCUT2D eigenvalue weighted by atomic mass is 10.0. The van der Waals surface area contributed by atoms with Crippen LogP contribution in [0.3, 0.4) is 0 Å². The second-order valence-corrected chi connectivity index (χ2v) is 6.71. The molecule has 1 fully saturated rings. The van der Waals surface area contributed by atoms with Crippen LogP contribution in [0.2, 0.25) is 0 Å². The van der Waals surface area contributed by atoms with Crippen molar-refractivity contribution in [3.8, 4) is 17.0 Å². The Morgan fingerprint density at radius 3 is 2.92 bits per heavy atom.